The Balaban J connectivity index is 1.54. The Kier molecular flexibility index (Phi) is 6.37. The van der Waals surface area contributed by atoms with Crippen LogP contribution in [-0.4, -0.2) is 78.0 Å². The van der Waals surface area contributed by atoms with Gasteiger partial charge in [-0.3, -0.25) is 9.59 Å². The molecule has 0 aromatic carbocycles. The van der Waals surface area contributed by atoms with E-state index in [-0.39, 0.29) is 11.8 Å². The van der Waals surface area contributed by atoms with Crippen molar-refractivity contribution in [2.75, 3.05) is 51.8 Å². The quantitative estimate of drug-likeness (QED) is 0.726. The number of piperazine rings is 1. The number of rotatable bonds is 7. The van der Waals surface area contributed by atoms with E-state index in [0.29, 0.717) is 56.6 Å². The number of carbonyl (C=O) groups excluding carboxylic acids is 2. The predicted octanol–water partition coefficient (Wildman–Crippen LogP) is 1.12. The Morgan fingerprint density at radius 1 is 1.19 bits per heavy atom. The van der Waals surface area contributed by atoms with Gasteiger partial charge in [0.2, 0.25) is 0 Å². The molecule has 9 nitrogen and oxygen atoms in total. The zero-order chi connectivity index (χ0) is 19.1. The van der Waals surface area contributed by atoms with Crippen LogP contribution in [0.25, 0.3) is 0 Å². The lowest BCUT2D eigenvalue weighted by molar-refractivity contribution is 0.0515. The number of furan rings is 1. The van der Waals surface area contributed by atoms with Gasteiger partial charge in [0, 0.05) is 52.5 Å². The molecule has 2 aromatic heterocycles. The summed E-state index contributed by atoms with van der Waals surface area (Å²) < 4.78 is 10.2. The number of ether oxygens (including phenoxy) is 1. The Hall–Kier alpha value is -2.94. The molecule has 2 amide bonds. The first-order valence-corrected chi connectivity index (χ1v) is 8.86. The molecular formula is C18H23N5O4. The van der Waals surface area contributed by atoms with Gasteiger partial charge in [0.15, 0.2) is 5.76 Å². The van der Waals surface area contributed by atoms with Crippen molar-refractivity contribution in [2.45, 2.75) is 6.42 Å². The van der Waals surface area contributed by atoms with Gasteiger partial charge in [-0.25, -0.2) is 9.97 Å². The first-order chi connectivity index (χ1) is 13.2. The van der Waals surface area contributed by atoms with Crippen LogP contribution in [0, 0.1) is 0 Å². The maximum Gasteiger partial charge on any atom is 0.289 e. The fourth-order valence-corrected chi connectivity index (χ4v) is 2.83. The van der Waals surface area contributed by atoms with E-state index in [1.165, 1.54) is 12.6 Å². The molecule has 0 bridgehead atoms. The van der Waals surface area contributed by atoms with Crippen LogP contribution in [0.5, 0.6) is 0 Å². The van der Waals surface area contributed by atoms with E-state index in [1.807, 2.05) is 0 Å². The summed E-state index contributed by atoms with van der Waals surface area (Å²) in [5, 5.41) is 3.15. The van der Waals surface area contributed by atoms with Gasteiger partial charge in [-0.2, -0.15) is 0 Å². The highest BCUT2D eigenvalue weighted by Gasteiger charge is 2.27. The van der Waals surface area contributed by atoms with E-state index in [2.05, 4.69) is 15.3 Å². The molecule has 1 fully saturated rings. The number of methoxy groups -OCH3 is 1. The van der Waals surface area contributed by atoms with E-state index in [0.717, 1.165) is 6.42 Å². The molecule has 2 aromatic rings. The van der Waals surface area contributed by atoms with Crippen molar-refractivity contribution >= 4 is 17.6 Å². The van der Waals surface area contributed by atoms with Gasteiger partial charge in [0.1, 0.15) is 17.8 Å². The second kappa shape index (κ2) is 9.13. The van der Waals surface area contributed by atoms with Crippen LogP contribution in [0.4, 0.5) is 5.82 Å². The zero-order valence-electron chi connectivity index (χ0n) is 15.3. The number of hydrogen-bond acceptors (Lipinski definition) is 7. The molecule has 0 radical (unpaired) electrons. The summed E-state index contributed by atoms with van der Waals surface area (Å²) in [5.74, 6) is 0.602. The molecule has 1 aliphatic heterocycles. The molecule has 27 heavy (non-hydrogen) atoms. The van der Waals surface area contributed by atoms with Gasteiger partial charge in [-0.15, -0.1) is 0 Å². The van der Waals surface area contributed by atoms with Crippen LogP contribution in [-0.2, 0) is 4.74 Å². The van der Waals surface area contributed by atoms with Crippen LogP contribution in [0.2, 0.25) is 0 Å². The van der Waals surface area contributed by atoms with Crippen LogP contribution < -0.4 is 5.32 Å². The second-order valence-electron chi connectivity index (χ2n) is 6.12. The van der Waals surface area contributed by atoms with Crippen molar-refractivity contribution < 1.29 is 18.7 Å². The van der Waals surface area contributed by atoms with Crippen molar-refractivity contribution in [3.63, 3.8) is 0 Å². The van der Waals surface area contributed by atoms with Crippen LogP contribution >= 0.6 is 0 Å². The molecule has 9 heteroatoms. The van der Waals surface area contributed by atoms with Gasteiger partial charge in [0.05, 0.1) is 6.26 Å². The lowest BCUT2D eigenvalue weighted by atomic mass is 10.2. The monoisotopic (exact) mass is 373 g/mol. The van der Waals surface area contributed by atoms with E-state index < -0.39 is 0 Å². The lowest BCUT2D eigenvalue weighted by Gasteiger charge is -2.34. The summed E-state index contributed by atoms with van der Waals surface area (Å²) in [6.45, 7) is 3.17. The number of nitrogens with one attached hydrogen (secondary N) is 1. The van der Waals surface area contributed by atoms with Crippen molar-refractivity contribution in [1.82, 2.24) is 19.8 Å². The standard InChI is InChI=1S/C18H23N5O4/c1-26-10-3-5-19-16-12-14(20-13-21-16)17(24)22-6-8-23(9-7-22)18(25)15-4-2-11-27-15/h2,4,11-13H,3,5-10H2,1H3,(H,19,20,21). The summed E-state index contributed by atoms with van der Waals surface area (Å²) in [4.78, 5) is 36.6. The summed E-state index contributed by atoms with van der Waals surface area (Å²) in [6, 6.07) is 4.97. The number of anilines is 1. The highest BCUT2D eigenvalue weighted by atomic mass is 16.5. The SMILES string of the molecule is COCCCNc1cc(C(=O)N2CCN(C(=O)c3ccco3)CC2)ncn1. The van der Waals surface area contributed by atoms with Gasteiger partial charge < -0.3 is 24.3 Å². The number of hydrogen-bond donors (Lipinski definition) is 1. The summed E-state index contributed by atoms with van der Waals surface area (Å²) >= 11 is 0. The first kappa shape index (κ1) is 18.8. The van der Waals surface area contributed by atoms with Gasteiger partial charge in [-0.05, 0) is 18.6 Å². The Morgan fingerprint density at radius 3 is 2.59 bits per heavy atom. The van der Waals surface area contributed by atoms with E-state index >= 15 is 0 Å². The minimum absolute atomic E-state index is 0.156. The summed E-state index contributed by atoms with van der Waals surface area (Å²) in [6.07, 6.45) is 3.70. The molecule has 0 atom stereocenters. The van der Waals surface area contributed by atoms with Crippen molar-refractivity contribution in [3.05, 3.63) is 42.2 Å². The third-order valence-electron chi connectivity index (χ3n) is 4.30. The van der Waals surface area contributed by atoms with E-state index in [9.17, 15) is 9.59 Å². The van der Waals surface area contributed by atoms with E-state index in [1.54, 1.807) is 35.1 Å². The molecule has 3 heterocycles. The first-order valence-electron chi connectivity index (χ1n) is 8.86. The van der Waals surface area contributed by atoms with Crippen LogP contribution in [0.3, 0.4) is 0 Å². The maximum atomic E-state index is 12.7. The maximum absolute atomic E-state index is 12.7. The molecule has 0 spiro atoms. The number of nitrogens with zero attached hydrogens (tertiary/aromatic N) is 4. The molecule has 1 aliphatic rings. The van der Waals surface area contributed by atoms with Gasteiger partial charge in [-0.1, -0.05) is 0 Å². The minimum Gasteiger partial charge on any atom is -0.459 e. The summed E-state index contributed by atoms with van der Waals surface area (Å²) in [5.41, 5.74) is 0.338. The Labute approximate surface area is 157 Å². The number of carbonyl (C=O) groups is 2. The fraction of sp³-hybridized carbons (Fsp3) is 0.444. The Bertz CT molecular complexity index is 757. The minimum atomic E-state index is -0.164. The average molecular weight is 373 g/mol. The second-order valence-corrected chi connectivity index (χ2v) is 6.12. The zero-order valence-corrected chi connectivity index (χ0v) is 15.3. The topological polar surface area (TPSA) is 101 Å². The third-order valence-corrected chi connectivity index (χ3v) is 4.30. The molecule has 144 valence electrons. The molecular weight excluding hydrogens is 350 g/mol. The molecule has 0 saturated carbocycles. The molecule has 1 saturated heterocycles. The largest absolute Gasteiger partial charge is 0.459 e. The molecule has 0 aliphatic carbocycles. The van der Waals surface area contributed by atoms with Crippen LogP contribution in [0.1, 0.15) is 27.5 Å². The van der Waals surface area contributed by atoms with Crippen molar-refractivity contribution in [1.29, 1.82) is 0 Å². The van der Waals surface area contributed by atoms with Crippen molar-refractivity contribution in [3.8, 4) is 0 Å². The summed E-state index contributed by atoms with van der Waals surface area (Å²) in [7, 11) is 1.66. The van der Waals surface area contributed by atoms with Gasteiger partial charge >= 0.3 is 0 Å². The van der Waals surface area contributed by atoms with Gasteiger partial charge in [0.25, 0.3) is 11.8 Å². The fourth-order valence-electron chi connectivity index (χ4n) is 2.83. The number of aromatic nitrogens is 2. The number of amides is 2. The molecule has 3 rings (SSSR count). The third kappa shape index (κ3) is 4.82. The normalized spacial score (nSPS) is 14.3. The van der Waals surface area contributed by atoms with Crippen molar-refractivity contribution in [2.24, 2.45) is 0 Å². The Morgan fingerprint density at radius 2 is 1.93 bits per heavy atom. The highest BCUT2D eigenvalue weighted by Crippen LogP contribution is 2.12. The van der Waals surface area contributed by atoms with E-state index in [4.69, 9.17) is 9.15 Å². The average Bonchev–Trinajstić information content (AvgIpc) is 3.25. The van der Waals surface area contributed by atoms with Crippen LogP contribution in [0.15, 0.2) is 35.2 Å². The smallest absolute Gasteiger partial charge is 0.289 e. The molecule has 0 unspecified atom stereocenters. The molecule has 1 N–H and O–H groups in total. The lowest BCUT2D eigenvalue weighted by Crippen LogP contribution is -2.50. The highest BCUT2D eigenvalue weighted by molar-refractivity contribution is 5.94. The predicted molar refractivity (Wildman–Crippen MR) is 97.5 cm³/mol.